The number of rotatable bonds is 4. The van der Waals surface area contributed by atoms with Gasteiger partial charge in [-0.25, -0.2) is 0 Å². The van der Waals surface area contributed by atoms with Crippen LogP contribution in [0.15, 0.2) is 35.1 Å². The zero-order valence-corrected chi connectivity index (χ0v) is 19.0. The van der Waals surface area contributed by atoms with Crippen LogP contribution >= 0.6 is 0 Å². The molecule has 1 aliphatic carbocycles. The minimum absolute atomic E-state index is 0.0728. The number of ether oxygens (including phenoxy) is 2. The fraction of sp³-hybridized carbons (Fsp3) is 0.385. The lowest BCUT2D eigenvalue weighted by atomic mass is 9.87. The number of hydrogen-bond donors (Lipinski definition) is 1. The minimum atomic E-state index is -0.457. The standard InChI is InChI=1S/C26H28N2O4/c1-14-5-6-18-11-20(25(29)27-23(18)15(14)2)24-19-13-22(32-4)21(31-3)12-17(19)9-10-28(24)26(30)16-7-8-16/h5-6,11-13,16,24H,7-10H2,1-4H3,(H,27,29). The van der Waals surface area contributed by atoms with Crippen LogP contribution in [0.3, 0.4) is 0 Å². The molecule has 6 heteroatoms. The van der Waals surface area contributed by atoms with Gasteiger partial charge in [-0.3, -0.25) is 9.59 Å². The van der Waals surface area contributed by atoms with E-state index >= 15 is 0 Å². The Kier molecular flexibility index (Phi) is 4.96. The first-order valence-electron chi connectivity index (χ1n) is 11.1. The first-order chi connectivity index (χ1) is 15.4. The summed E-state index contributed by atoms with van der Waals surface area (Å²) in [5, 5.41) is 0.967. The summed E-state index contributed by atoms with van der Waals surface area (Å²) in [6.45, 7) is 4.63. The average Bonchev–Trinajstić information content (AvgIpc) is 3.65. The maximum absolute atomic E-state index is 13.4. The van der Waals surface area contributed by atoms with Gasteiger partial charge < -0.3 is 19.4 Å². The van der Waals surface area contributed by atoms with Crippen LogP contribution in [0, 0.1) is 19.8 Å². The van der Waals surface area contributed by atoms with Crippen LogP contribution in [0.5, 0.6) is 11.5 Å². The molecule has 5 rings (SSSR count). The van der Waals surface area contributed by atoms with E-state index in [0.717, 1.165) is 46.0 Å². The summed E-state index contributed by atoms with van der Waals surface area (Å²) in [6.07, 6.45) is 2.56. The number of fused-ring (bicyclic) bond motifs is 2. The van der Waals surface area contributed by atoms with Crippen molar-refractivity contribution in [2.24, 2.45) is 5.92 Å². The molecule has 1 aromatic heterocycles. The number of methoxy groups -OCH3 is 2. The predicted molar refractivity (Wildman–Crippen MR) is 124 cm³/mol. The van der Waals surface area contributed by atoms with Gasteiger partial charge in [0.1, 0.15) is 0 Å². The number of aromatic amines is 1. The second kappa shape index (κ2) is 7.69. The zero-order valence-electron chi connectivity index (χ0n) is 19.0. The molecular weight excluding hydrogens is 404 g/mol. The molecule has 1 atom stereocenters. The molecule has 166 valence electrons. The number of hydrogen-bond acceptors (Lipinski definition) is 4. The molecule has 6 nitrogen and oxygen atoms in total. The molecule has 2 aromatic carbocycles. The Hall–Kier alpha value is -3.28. The van der Waals surface area contributed by atoms with Gasteiger partial charge in [-0.05, 0) is 78.9 Å². The fourth-order valence-electron chi connectivity index (χ4n) is 4.83. The normalized spacial score (nSPS) is 17.9. The first kappa shape index (κ1) is 20.6. The maximum Gasteiger partial charge on any atom is 0.254 e. The summed E-state index contributed by atoms with van der Waals surface area (Å²) in [5.41, 5.74) is 5.47. The monoisotopic (exact) mass is 432 g/mol. The number of carbonyl (C=O) groups excluding carboxylic acids is 1. The molecule has 1 fully saturated rings. The van der Waals surface area contributed by atoms with Crippen LogP contribution in [0.2, 0.25) is 0 Å². The highest BCUT2D eigenvalue weighted by molar-refractivity contribution is 5.85. The van der Waals surface area contributed by atoms with E-state index in [2.05, 4.69) is 11.1 Å². The second-order valence-electron chi connectivity index (χ2n) is 8.89. The van der Waals surface area contributed by atoms with Crippen molar-refractivity contribution in [1.82, 2.24) is 9.88 Å². The molecule has 1 N–H and O–H groups in total. The fourth-order valence-corrected chi connectivity index (χ4v) is 4.83. The number of carbonyl (C=O) groups is 1. The van der Waals surface area contributed by atoms with Crippen LogP contribution < -0.4 is 15.0 Å². The van der Waals surface area contributed by atoms with E-state index in [0.29, 0.717) is 30.0 Å². The van der Waals surface area contributed by atoms with Crippen molar-refractivity contribution in [1.29, 1.82) is 0 Å². The number of nitrogens with zero attached hydrogens (tertiary/aromatic N) is 1. The van der Waals surface area contributed by atoms with Crippen LogP contribution in [0.1, 0.15) is 46.7 Å². The van der Waals surface area contributed by atoms with Crippen LogP contribution in [-0.2, 0) is 11.2 Å². The largest absolute Gasteiger partial charge is 0.493 e. The van der Waals surface area contributed by atoms with Crippen molar-refractivity contribution >= 4 is 16.8 Å². The van der Waals surface area contributed by atoms with Gasteiger partial charge in [-0.2, -0.15) is 0 Å². The lowest BCUT2D eigenvalue weighted by Crippen LogP contribution is -2.43. The molecule has 32 heavy (non-hydrogen) atoms. The summed E-state index contributed by atoms with van der Waals surface area (Å²) < 4.78 is 11.1. The first-order valence-corrected chi connectivity index (χ1v) is 11.1. The highest BCUT2D eigenvalue weighted by atomic mass is 16.5. The second-order valence-corrected chi connectivity index (χ2v) is 8.89. The SMILES string of the molecule is COc1cc2c(cc1OC)C(c1cc3ccc(C)c(C)c3[nH]c1=O)N(C(=O)C1CC1)CC2. The number of pyridine rings is 1. The number of aromatic nitrogens is 1. The average molecular weight is 433 g/mol. The molecule has 1 saturated carbocycles. The smallest absolute Gasteiger partial charge is 0.254 e. The van der Waals surface area contributed by atoms with Crippen molar-refractivity contribution in [2.75, 3.05) is 20.8 Å². The van der Waals surface area contributed by atoms with E-state index in [9.17, 15) is 9.59 Å². The highest BCUT2D eigenvalue weighted by Crippen LogP contribution is 2.43. The molecule has 0 bridgehead atoms. The van der Waals surface area contributed by atoms with E-state index in [-0.39, 0.29) is 17.4 Å². The van der Waals surface area contributed by atoms with E-state index in [4.69, 9.17) is 9.47 Å². The third-order valence-electron chi connectivity index (χ3n) is 6.96. The van der Waals surface area contributed by atoms with Crippen molar-refractivity contribution in [3.8, 4) is 11.5 Å². The molecular formula is C26H28N2O4. The molecule has 0 saturated heterocycles. The predicted octanol–water partition coefficient (Wildman–Crippen LogP) is 4.05. The lowest BCUT2D eigenvalue weighted by molar-refractivity contribution is -0.134. The third-order valence-corrected chi connectivity index (χ3v) is 6.96. The van der Waals surface area contributed by atoms with Crippen molar-refractivity contribution < 1.29 is 14.3 Å². The van der Waals surface area contributed by atoms with E-state index < -0.39 is 6.04 Å². The van der Waals surface area contributed by atoms with Crippen molar-refractivity contribution in [3.63, 3.8) is 0 Å². The van der Waals surface area contributed by atoms with Gasteiger partial charge in [0.25, 0.3) is 5.56 Å². The molecule has 0 radical (unpaired) electrons. The Bertz CT molecular complexity index is 1290. The Morgan fingerprint density at radius 2 is 1.75 bits per heavy atom. The summed E-state index contributed by atoms with van der Waals surface area (Å²) >= 11 is 0. The van der Waals surface area contributed by atoms with Crippen LogP contribution in [-0.4, -0.2) is 36.6 Å². The summed E-state index contributed by atoms with van der Waals surface area (Å²) in [6, 6.07) is 9.49. The van der Waals surface area contributed by atoms with Gasteiger partial charge in [0, 0.05) is 18.0 Å². The molecule has 1 amide bonds. The topological polar surface area (TPSA) is 71.6 Å². The van der Waals surface area contributed by atoms with Gasteiger partial charge in [0.2, 0.25) is 5.91 Å². The van der Waals surface area contributed by atoms with Gasteiger partial charge in [0.05, 0.1) is 25.8 Å². The van der Waals surface area contributed by atoms with Gasteiger partial charge in [0.15, 0.2) is 11.5 Å². The molecule has 3 aromatic rings. The molecule has 1 aliphatic heterocycles. The third kappa shape index (κ3) is 3.25. The summed E-state index contributed by atoms with van der Waals surface area (Å²) in [7, 11) is 3.22. The van der Waals surface area contributed by atoms with Crippen molar-refractivity contribution in [2.45, 2.75) is 39.2 Å². The number of nitrogens with one attached hydrogen (secondary N) is 1. The van der Waals surface area contributed by atoms with Gasteiger partial charge in [-0.15, -0.1) is 0 Å². The quantitative estimate of drug-likeness (QED) is 0.675. The van der Waals surface area contributed by atoms with Gasteiger partial charge in [-0.1, -0.05) is 12.1 Å². The van der Waals surface area contributed by atoms with Crippen LogP contribution in [0.4, 0.5) is 0 Å². The maximum atomic E-state index is 13.4. The zero-order chi connectivity index (χ0) is 22.6. The van der Waals surface area contributed by atoms with E-state index in [1.54, 1.807) is 14.2 Å². The highest BCUT2D eigenvalue weighted by Gasteiger charge is 2.40. The number of aryl methyl sites for hydroxylation is 2. The Morgan fingerprint density at radius 3 is 2.44 bits per heavy atom. The molecule has 2 aliphatic rings. The van der Waals surface area contributed by atoms with Gasteiger partial charge >= 0.3 is 0 Å². The Balaban J connectivity index is 1.73. The Morgan fingerprint density at radius 1 is 1.03 bits per heavy atom. The number of benzene rings is 2. The number of amides is 1. The summed E-state index contributed by atoms with van der Waals surface area (Å²) in [4.78, 5) is 31.6. The lowest BCUT2D eigenvalue weighted by Gasteiger charge is -2.38. The number of H-pyrrole nitrogens is 1. The molecule has 2 heterocycles. The van der Waals surface area contributed by atoms with Crippen molar-refractivity contribution in [3.05, 3.63) is 68.5 Å². The Labute approximate surface area is 187 Å². The minimum Gasteiger partial charge on any atom is -0.493 e. The van der Waals surface area contributed by atoms with E-state index in [1.165, 1.54) is 0 Å². The van der Waals surface area contributed by atoms with Crippen LogP contribution in [0.25, 0.3) is 10.9 Å². The van der Waals surface area contributed by atoms with E-state index in [1.807, 2.05) is 43.0 Å². The summed E-state index contributed by atoms with van der Waals surface area (Å²) in [5.74, 6) is 1.46. The molecule has 0 spiro atoms. The molecule has 1 unspecified atom stereocenters.